The molecule has 0 radical (unpaired) electrons. The zero-order valence-corrected chi connectivity index (χ0v) is 8.60. The molecule has 0 aliphatic carbocycles. The van der Waals surface area contributed by atoms with E-state index in [1.165, 1.54) is 6.07 Å². The van der Waals surface area contributed by atoms with Crippen LogP contribution in [0, 0.1) is 11.6 Å². The molecule has 1 unspecified atom stereocenters. The van der Waals surface area contributed by atoms with Crippen LogP contribution in [0.3, 0.4) is 0 Å². The first-order chi connectivity index (χ1) is 8.11. The van der Waals surface area contributed by atoms with Crippen molar-refractivity contribution in [3.8, 4) is 11.4 Å². The molecule has 0 fully saturated rings. The maximum absolute atomic E-state index is 13.0. The third-order valence-electron chi connectivity index (χ3n) is 2.13. The molecular weight excluding hydrogens is 232 g/mol. The van der Waals surface area contributed by atoms with E-state index in [4.69, 9.17) is 10.3 Å². The number of aliphatic hydroxyl groups is 1. The highest BCUT2D eigenvalue weighted by molar-refractivity contribution is 5.54. The summed E-state index contributed by atoms with van der Waals surface area (Å²) in [5.41, 5.74) is 5.46. The fourth-order valence-electron chi connectivity index (χ4n) is 1.22. The van der Waals surface area contributed by atoms with Crippen LogP contribution >= 0.6 is 0 Å². The van der Waals surface area contributed by atoms with Crippen molar-refractivity contribution in [3.63, 3.8) is 0 Å². The number of benzene rings is 1. The topological polar surface area (TPSA) is 85.2 Å². The molecule has 0 amide bonds. The minimum Gasteiger partial charge on any atom is -0.382 e. The van der Waals surface area contributed by atoms with Crippen molar-refractivity contribution in [2.24, 2.45) is 5.73 Å². The Labute approximate surface area is 94.9 Å². The second-order valence-corrected chi connectivity index (χ2v) is 3.34. The predicted molar refractivity (Wildman–Crippen MR) is 53.7 cm³/mol. The van der Waals surface area contributed by atoms with E-state index in [9.17, 15) is 13.9 Å². The lowest BCUT2D eigenvalue weighted by molar-refractivity contribution is 0.141. The number of nitrogens with zero attached hydrogens (tertiary/aromatic N) is 2. The molecule has 7 heteroatoms. The zero-order chi connectivity index (χ0) is 12.4. The van der Waals surface area contributed by atoms with Gasteiger partial charge in [-0.2, -0.15) is 4.98 Å². The van der Waals surface area contributed by atoms with Gasteiger partial charge in [0, 0.05) is 12.1 Å². The van der Waals surface area contributed by atoms with Gasteiger partial charge in [-0.05, 0) is 18.2 Å². The Kier molecular flexibility index (Phi) is 3.12. The highest BCUT2D eigenvalue weighted by Gasteiger charge is 2.16. The minimum absolute atomic E-state index is 0.0615. The fourth-order valence-corrected chi connectivity index (χ4v) is 1.22. The lowest BCUT2D eigenvalue weighted by Crippen LogP contribution is -2.11. The molecule has 1 aromatic carbocycles. The van der Waals surface area contributed by atoms with E-state index >= 15 is 0 Å². The summed E-state index contributed by atoms with van der Waals surface area (Å²) in [4.78, 5) is 3.83. The number of hydrogen-bond donors (Lipinski definition) is 2. The third-order valence-corrected chi connectivity index (χ3v) is 2.13. The molecule has 2 rings (SSSR count). The summed E-state index contributed by atoms with van der Waals surface area (Å²) in [7, 11) is 0. The van der Waals surface area contributed by atoms with Gasteiger partial charge in [-0.3, -0.25) is 0 Å². The van der Waals surface area contributed by atoms with Crippen molar-refractivity contribution in [2.45, 2.75) is 6.10 Å². The molecular formula is C10H9F2N3O2. The van der Waals surface area contributed by atoms with Gasteiger partial charge in [0.15, 0.2) is 11.6 Å². The summed E-state index contributed by atoms with van der Waals surface area (Å²) < 4.78 is 30.4. The van der Waals surface area contributed by atoms with Crippen molar-refractivity contribution in [2.75, 3.05) is 6.54 Å². The van der Waals surface area contributed by atoms with Crippen LogP contribution in [0.1, 0.15) is 12.0 Å². The monoisotopic (exact) mass is 241 g/mol. The number of rotatable bonds is 3. The largest absolute Gasteiger partial charge is 0.382 e. The summed E-state index contributed by atoms with van der Waals surface area (Å²) in [6.45, 7) is -0.0700. The Morgan fingerprint density at radius 1 is 1.35 bits per heavy atom. The van der Waals surface area contributed by atoms with Crippen LogP contribution in [0.4, 0.5) is 8.78 Å². The molecule has 1 heterocycles. The van der Waals surface area contributed by atoms with E-state index in [0.717, 1.165) is 12.1 Å². The standard InChI is InChI=1S/C10H9F2N3O2/c11-6-2-1-5(3-7(6)12)9-14-10(17-15-9)8(16)4-13/h1-3,8,16H,4,13H2. The zero-order valence-electron chi connectivity index (χ0n) is 8.60. The molecule has 3 N–H and O–H groups in total. The first-order valence-corrected chi connectivity index (χ1v) is 4.79. The van der Waals surface area contributed by atoms with Gasteiger partial charge in [-0.1, -0.05) is 5.16 Å². The summed E-state index contributed by atoms with van der Waals surface area (Å²) in [5.74, 6) is -1.97. The van der Waals surface area contributed by atoms with Crippen LogP contribution in [0.25, 0.3) is 11.4 Å². The summed E-state index contributed by atoms with van der Waals surface area (Å²) >= 11 is 0. The minimum atomic E-state index is -1.07. The van der Waals surface area contributed by atoms with E-state index in [-0.39, 0.29) is 23.8 Å². The van der Waals surface area contributed by atoms with Crippen molar-refractivity contribution in [1.29, 1.82) is 0 Å². The number of hydrogen-bond acceptors (Lipinski definition) is 5. The molecule has 90 valence electrons. The normalized spacial score (nSPS) is 12.7. The van der Waals surface area contributed by atoms with Gasteiger partial charge >= 0.3 is 0 Å². The molecule has 0 saturated heterocycles. The summed E-state index contributed by atoms with van der Waals surface area (Å²) in [6, 6.07) is 3.21. The Morgan fingerprint density at radius 3 is 2.76 bits per heavy atom. The Morgan fingerprint density at radius 2 is 2.12 bits per heavy atom. The van der Waals surface area contributed by atoms with Crippen LogP contribution in [-0.2, 0) is 0 Å². The van der Waals surface area contributed by atoms with E-state index < -0.39 is 17.7 Å². The molecule has 0 aliphatic heterocycles. The first kappa shape index (κ1) is 11.6. The number of aliphatic hydroxyl groups excluding tert-OH is 1. The van der Waals surface area contributed by atoms with Crippen LogP contribution in [0.15, 0.2) is 22.7 Å². The summed E-state index contributed by atoms with van der Waals surface area (Å²) in [6.07, 6.45) is -1.07. The average Bonchev–Trinajstić information content (AvgIpc) is 2.81. The SMILES string of the molecule is NCC(O)c1nc(-c2ccc(F)c(F)c2)no1. The second-order valence-electron chi connectivity index (χ2n) is 3.34. The van der Waals surface area contributed by atoms with Gasteiger partial charge in [0.25, 0.3) is 5.89 Å². The Balaban J connectivity index is 2.33. The lowest BCUT2D eigenvalue weighted by Gasteiger charge is -1.98. The smallest absolute Gasteiger partial charge is 0.257 e. The van der Waals surface area contributed by atoms with E-state index in [1.807, 2.05) is 0 Å². The average molecular weight is 241 g/mol. The van der Waals surface area contributed by atoms with Crippen molar-refractivity contribution in [3.05, 3.63) is 35.7 Å². The van der Waals surface area contributed by atoms with Crippen molar-refractivity contribution >= 4 is 0 Å². The van der Waals surface area contributed by atoms with Gasteiger partial charge in [-0.25, -0.2) is 8.78 Å². The van der Waals surface area contributed by atoms with E-state index in [0.29, 0.717) is 0 Å². The molecule has 2 aromatic rings. The van der Waals surface area contributed by atoms with Crippen LogP contribution < -0.4 is 5.73 Å². The first-order valence-electron chi connectivity index (χ1n) is 4.79. The number of aromatic nitrogens is 2. The van der Waals surface area contributed by atoms with E-state index in [1.54, 1.807) is 0 Å². The Hall–Kier alpha value is -1.86. The molecule has 0 spiro atoms. The highest BCUT2D eigenvalue weighted by atomic mass is 19.2. The quantitative estimate of drug-likeness (QED) is 0.837. The molecule has 0 bridgehead atoms. The number of halogens is 2. The van der Waals surface area contributed by atoms with Crippen LogP contribution in [0.5, 0.6) is 0 Å². The number of nitrogens with two attached hydrogens (primary N) is 1. The van der Waals surface area contributed by atoms with Crippen LogP contribution in [0.2, 0.25) is 0 Å². The molecule has 0 aliphatic rings. The van der Waals surface area contributed by atoms with Crippen LogP contribution in [-0.4, -0.2) is 21.8 Å². The second kappa shape index (κ2) is 4.56. The van der Waals surface area contributed by atoms with Gasteiger partial charge in [0.05, 0.1) is 0 Å². The van der Waals surface area contributed by atoms with Crippen molar-refractivity contribution < 1.29 is 18.4 Å². The lowest BCUT2D eigenvalue weighted by atomic mass is 10.2. The van der Waals surface area contributed by atoms with Crippen molar-refractivity contribution in [1.82, 2.24) is 10.1 Å². The molecule has 1 atom stereocenters. The van der Waals surface area contributed by atoms with Gasteiger partial charge in [0.2, 0.25) is 5.82 Å². The molecule has 17 heavy (non-hydrogen) atoms. The fraction of sp³-hybridized carbons (Fsp3) is 0.200. The predicted octanol–water partition coefficient (Wildman–Crippen LogP) is 1.01. The third kappa shape index (κ3) is 2.29. The van der Waals surface area contributed by atoms with Gasteiger partial charge < -0.3 is 15.4 Å². The van der Waals surface area contributed by atoms with Gasteiger partial charge in [0.1, 0.15) is 6.10 Å². The molecule has 5 nitrogen and oxygen atoms in total. The van der Waals surface area contributed by atoms with E-state index in [2.05, 4.69) is 10.1 Å². The maximum Gasteiger partial charge on any atom is 0.257 e. The van der Waals surface area contributed by atoms with Gasteiger partial charge in [-0.15, -0.1) is 0 Å². The highest BCUT2D eigenvalue weighted by Crippen LogP contribution is 2.20. The summed E-state index contributed by atoms with van der Waals surface area (Å²) in [5, 5.41) is 12.9. The molecule has 1 aromatic heterocycles. The molecule has 0 saturated carbocycles. The Bertz CT molecular complexity index is 530. The maximum atomic E-state index is 13.0.